The molecule has 2 N–H and O–H groups in total. The lowest BCUT2D eigenvalue weighted by molar-refractivity contribution is 0.0507. The molecule has 0 aromatic heterocycles. The SMILES string of the molecule is CN=C(NCc1ccc(Cl)cc1)N1CCC(NC(=O)OC(C)(C)C)C1. The van der Waals surface area contributed by atoms with Crippen molar-refractivity contribution in [3.05, 3.63) is 34.9 Å². The molecule has 1 unspecified atom stereocenters. The van der Waals surface area contributed by atoms with E-state index in [0.29, 0.717) is 13.1 Å². The molecule has 0 saturated carbocycles. The summed E-state index contributed by atoms with van der Waals surface area (Å²) in [7, 11) is 1.76. The van der Waals surface area contributed by atoms with Crippen LogP contribution in [0.5, 0.6) is 0 Å². The standard InChI is InChI=1S/C18H27ClN4O2/c1-18(2,3)25-17(24)22-15-9-10-23(12-15)16(20-4)21-11-13-5-7-14(19)8-6-13/h5-8,15H,9-12H2,1-4H3,(H,20,21)(H,22,24). The van der Waals surface area contributed by atoms with Gasteiger partial charge in [-0.1, -0.05) is 23.7 Å². The van der Waals surface area contributed by atoms with E-state index >= 15 is 0 Å². The molecule has 1 aromatic rings. The number of carbonyl (C=O) groups excluding carboxylic acids is 1. The van der Waals surface area contributed by atoms with Crippen LogP contribution in [-0.2, 0) is 11.3 Å². The molecule has 0 bridgehead atoms. The predicted octanol–water partition coefficient (Wildman–Crippen LogP) is 3.01. The number of alkyl carbamates (subject to hydrolysis) is 1. The van der Waals surface area contributed by atoms with E-state index in [9.17, 15) is 4.79 Å². The smallest absolute Gasteiger partial charge is 0.407 e. The third-order valence-corrected chi connectivity index (χ3v) is 4.04. The van der Waals surface area contributed by atoms with E-state index in [0.717, 1.165) is 29.5 Å². The van der Waals surface area contributed by atoms with Gasteiger partial charge in [-0.15, -0.1) is 0 Å². The van der Waals surface area contributed by atoms with Gasteiger partial charge in [0.05, 0.1) is 6.04 Å². The first-order valence-electron chi connectivity index (χ1n) is 8.46. The first kappa shape index (κ1) is 19.4. The molecule has 25 heavy (non-hydrogen) atoms. The average molecular weight is 367 g/mol. The van der Waals surface area contributed by atoms with E-state index in [1.165, 1.54) is 0 Å². The zero-order chi connectivity index (χ0) is 18.4. The van der Waals surface area contributed by atoms with Crippen molar-refractivity contribution in [3.63, 3.8) is 0 Å². The highest BCUT2D eigenvalue weighted by molar-refractivity contribution is 6.30. The molecule has 1 aliphatic rings. The van der Waals surface area contributed by atoms with Gasteiger partial charge in [0.15, 0.2) is 5.96 Å². The number of carbonyl (C=O) groups is 1. The topological polar surface area (TPSA) is 66.0 Å². The van der Waals surface area contributed by atoms with Crippen molar-refractivity contribution in [2.45, 2.75) is 45.4 Å². The Kier molecular flexibility index (Phi) is 6.53. The summed E-state index contributed by atoms with van der Waals surface area (Å²) in [6.07, 6.45) is 0.490. The number of hydrogen-bond donors (Lipinski definition) is 2. The van der Waals surface area contributed by atoms with Gasteiger partial charge in [0.1, 0.15) is 5.60 Å². The zero-order valence-electron chi connectivity index (χ0n) is 15.3. The molecule has 1 amide bonds. The molecule has 1 heterocycles. The van der Waals surface area contributed by atoms with Gasteiger partial charge in [0, 0.05) is 31.7 Å². The van der Waals surface area contributed by atoms with E-state index in [2.05, 4.69) is 20.5 Å². The number of rotatable bonds is 3. The number of benzene rings is 1. The molecule has 1 aliphatic heterocycles. The number of aliphatic imine (C=N–C) groups is 1. The van der Waals surface area contributed by atoms with Gasteiger partial charge < -0.3 is 20.3 Å². The second-order valence-electron chi connectivity index (χ2n) is 7.11. The summed E-state index contributed by atoms with van der Waals surface area (Å²) in [5, 5.41) is 7.00. The van der Waals surface area contributed by atoms with E-state index in [4.69, 9.17) is 16.3 Å². The van der Waals surface area contributed by atoms with Crippen LogP contribution in [0.15, 0.2) is 29.3 Å². The Balaban J connectivity index is 1.82. The van der Waals surface area contributed by atoms with Crippen LogP contribution in [-0.4, -0.2) is 48.7 Å². The fourth-order valence-corrected chi connectivity index (χ4v) is 2.79. The Morgan fingerprint density at radius 2 is 2.04 bits per heavy atom. The van der Waals surface area contributed by atoms with Crippen molar-refractivity contribution in [2.24, 2.45) is 4.99 Å². The molecule has 0 aliphatic carbocycles. The summed E-state index contributed by atoms with van der Waals surface area (Å²) < 4.78 is 5.31. The van der Waals surface area contributed by atoms with Gasteiger partial charge in [-0.05, 0) is 44.9 Å². The van der Waals surface area contributed by atoms with Gasteiger partial charge in [0.2, 0.25) is 0 Å². The third-order valence-electron chi connectivity index (χ3n) is 3.78. The van der Waals surface area contributed by atoms with Crippen LogP contribution in [0.3, 0.4) is 0 Å². The quantitative estimate of drug-likeness (QED) is 0.637. The molecule has 138 valence electrons. The van der Waals surface area contributed by atoms with Crippen LogP contribution in [0.1, 0.15) is 32.8 Å². The molecular formula is C18H27ClN4O2. The molecule has 0 spiro atoms. The van der Waals surface area contributed by atoms with Gasteiger partial charge in [-0.25, -0.2) is 4.79 Å². The Labute approximate surface area is 154 Å². The first-order valence-corrected chi connectivity index (χ1v) is 8.84. The third kappa shape index (κ3) is 6.46. The fraction of sp³-hybridized carbons (Fsp3) is 0.556. The van der Waals surface area contributed by atoms with Crippen LogP contribution in [0.25, 0.3) is 0 Å². The first-order chi connectivity index (χ1) is 11.8. The Bertz CT molecular complexity index is 610. The van der Waals surface area contributed by atoms with E-state index in [-0.39, 0.29) is 12.1 Å². The van der Waals surface area contributed by atoms with Crippen molar-refractivity contribution < 1.29 is 9.53 Å². The Hall–Kier alpha value is -1.95. The summed E-state index contributed by atoms with van der Waals surface area (Å²) in [4.78, 5) is 18.4. The molecule has 1 saturated heterocycles. The number of nitrogens with one attached hydrogen (secondary N) is 2. The van der Waals surface area contributed by atoms with Crippen molar-refractivity contribution >= 4 is 23.7 Å². The summed E-state index contributed by atoms with van der Waals surface area (Å²) in [5.41, 5.74) is 0.645. The molecule has 2 rings (SSSR count). The molecule has 6 nitrogen and oxygen atoms in total. The second kappa shape index (κ2) is 8.43. The number of ether oxygens (including phenoxy) is 1. The van der Waals surface area contributed by atoms with Gasteiger partial charge in [-0.3, -0.25) is 4.99 Å². The van der Waals surface area contributed by atoms with Crippen LogP contribution >= 0.6 is 11.6 Å². The van der Waals surface area contributed by atoms with Crippen molar-refractivity contribution in [2.75, 3.05) is 20.1 Å². The maximum atomic E-state index is 11.9. The summed E-state index contributed by atoms with van der Waals surface area (Å²) >= 11 is 5.91. The molecule has 1 atom stereocenters. The van der Waals surface area contributed by atoms with E-state index in [1.54, 1.807) is 7.05 Å². The lowest BCUT2D eigenvalue weighted by Gasteiger charge is -2.23. The lowest BCUT2D eigenvalue weighted by Crippen LogP contribution is -2.44. The molecule has 1 fully saturated rings. The normalized spacial score (nSPS) is 18.2. The highest BCUT2D eigenvalue weighted by Gasteiger charge is 2.27. The highest BCUT2D eigenvalue weighted by Crippen LogP contribution is 2.13. The van der Waals surface area contributed by atoms with Crippen LogP contribution in [0, 0.1) is 0 Å². The van der Waals surface area contributed by atoms with Crippen LogP contribution in [0.2, 0.25) is 5.02 Å². The number of hydrogen-bond acceptors (Lipinski definition) is 3. The van der Waals surface area contributed by atoms with E-state index < -0.39 is 5.60 Å². The van der Waals surface area contributed by atoms with Gasteiger partial charge >= 0.3 is 6.09 Å². The Morgan fingerprint density at radius 1 is 1.36 bits per heavy atom. The maximum Gasteiger partial charge on any atom is 0.407 e. The van der Waals surface area contributed by atoms with Crippen molar-refractivity contribution in [1.82, 2.24) is 15.5 Å². The number of halogens is 1. The number of likely N-dealkylation sites (tertiary alicyclic amines) is 1. The molecule has 1 aromatic carbocycles. The summed E-state index contributed by atoms with van der Waals surface area (Å²) in [5.74, 6) is 0.823. The minimum Gasteiger partial charge on any atom is -0.444 e. The Morgan fingerprint density at radius 3 is 2.64 bits per heavy atom. The minimum atomic E-state index is -0.488. The maximum absolute atomic E-state index is 11.9. The summed E-state index contributed by atoms with van der Waals surface area (Å²) in [6.45, 7) is 7.78. The largest absolute Gasteiger partial charge is 0.444 e. The number of amides is 1. The number of nitrogens with zero attached hydrogens (tertiary/aromatic N) is 2. The predicted molar refractivity (Wildman–Crippen MR) is 101 cm³/mol. The molecular weight excluding hydrogens is 340 g/mol. The second-order valence-corrected chi connectivity index (χ2v) is 7.54. The fourth-order valence-electron chi connectivity index (χ4n) is 2.66. The molecule has 0 radical (unpaired) electrons. The molecule has 7 heteroatoms. The lowest BCUT2D eigenvalue weighted by atomic mass is 10.2. The zero-order valence-corrected chi connectivity index (χ0v) is 16.1. The van der Waals surface area contributed by atoms with Gasteiger partial charge in [0.25, 0.3) is 0 Å². The summed E-state index contributed by atoms with van der Waals surface area (Å²) in [6, 6.07) is 7.78. The minimum absolute atomic E-state index is 0.0592. The monoisotopic (exact) mass is 366 g/mol. The average Bonchev–Trinajstić information content (AvgIpc) is 2.96. The van der Waals surface area contributed by atoms with Crippen LogP contribution in [0.4, 0.5) is 4.79 Å². The highest BCUT2D eigenvalue weighted by atomic mass is 35.5. The van der Waals surface area contributed by atoms with Crippen molar-refractivity contribution in [3.8, 4) is 0 Å². The van der Waals surface area contributed by atoms with Crippen LogP contribution < -0.4 is 10.6 Å². The van der Waals surface area contributed by atoms with E-state index in [1.807, 2.05) is 45.0 Å². The number of guanidine groups is 1. The van der Waals surface area contributed by atoms with Gasteiger partial charge in [-0.2, -0.15) is 0 Å². The van der Waals surface area contributed by atoms with Crippen molar-refractivity contribution in [1.29, 1.82) is 0 Å².